The van der Waals surface area contributed by atoms with Crippen molar-refractivity contribution in [3.63, 3.8) is 0 Å². The van der Waals surface area contributed by atoms with Crippen molar-refractivity contribution in [3.05, 3.63) is 41.3 Å². The third kappa shape index (κ3) is 3.99. The van der Waals surface area contributed by atoms with Gasteiger partial charge in [0, 0.05) is 23.4 Å². The Labute approximate surface area is 186 Å². The first-order valence-electron chi connectivity index (χ1n) is 11.2. The Balaban J connectivity index is 1.33. The predicted octanol–water partition coefficient (Wildman–Crippen LogP) is 4.04. The van der Waals surface area contributed by atoms with Crippen LogP contribution in [0.25, 0.3) is 10.4 Å². The summed E-state index contributed by atoms with van der Waals surface area (Å²) in [6.07, 6.45) is 6.48. The molecule has 2 aliphatic heterocycles. The minimum Gasteiger partial charge on any atom is -0.353 e. The second-order valence-electron chi connectivity index (χ2n) is 8.81. The van der Waals surface area contributed by atoms with E-state index in [1.807, 2.05) is 35.7 Å². The van der Waals surface area contributed by atoms with Gasteiger partial charge >= 0.3 is 0 Å². The van der Waals surface area contributed by atoms with Crippen LogP contribution in [0.1, 0.15) is 55.3 Å². The van der Waals surface area contributed by atoms with Gasteiger partial charge in [-0.05, 0) is 54.8 Å². The molecule has 31 heavy (non-hydrogen) atoms. The first kappa shape index (κ1) is 20.2. The number of nitrogens with zero attached hydrogens (tertiary/aromatic N) is 1. The van der Waals surface area contributed by atoms with Gasteiger partial charge in [0.05, 0.1) is 11.3 Å². The quantitative estimate of drug-likeness (QED) is 0.761. The topological polar surface area (TPSA) is 78.5 Å². The van der Waals surface area contributed by atoms with E-state index in [4.69, 9.17) is 0 Å². The van der Waals surface area contributed by atoms with Crippen LogP contribution >= 0.6 is 11.3 Å². The smallest absolute Gasteiger partial charge is 0.256 e. The summed E-state index contributed by atoms with van der Waals surface area (Å²) in [6.45, 7) is 0.467. The summed E-state index contributed by atoms with van der Waals surface area (Å²) in [5.74, 6) is -0.0833. The molecule has 2 aromatic rings. The van der Waals surface area contributed by atoms with Gasteiger partial charge in [-0.25, -0.2) is 0 Å². The molecule has 1 aliphatic carbocycles. The van der Waals surface area contributed by atoms with Crippen LogP contribution in [0.5, 0.6) is 0 Å². The van der Waals surface area contributed by atoms with Gasteiger partial charge in [-0.15, -0.1) is 11.3 Å². The lowest BCUT2D eigenvalue weighted by Gasteiger charge is -2.38. The Morgan fingerprint density at radius 2 is 1.94 bits per heavy atom. The standard InChI is InChI=1S/C24H27N3O3S/c28-22(15-5-2-1-3-6-15)25-17-10-11-27-20(14-17)23(29)26-19-9-8-16(13-18(19)24(27)30)21-7-4-12-31-21/h4,7-9,12-13,15,17,20H,1-3,5-6,10-11,14H2,(H,25,28)(H,26,29)/t17-,20-/m0/s1. The fourth-order valence-corrected chi connectivity index (χ4v) is 5.79. The zero-order chi connectivity index (χ0) is 21.4. The van der Waals surface area contributed by atoms with E-state index in [0.29, 0.717) is 30.6 Å². The Bertz CT molecular complexity index is 998. The number of amides is 3. The Hall–Kier alpha value is -2.67. The number of anilines is 1. The van der Waals surface area contributed by atoms with Gasteiger partial charge in [-0.3, -0.25) is 14.4 Å². The zero-order valence-electron chi connectivity index (χ0n) is 17.4. The number of fused-ring (bicyclic) bond motifs is 2. The van der Waals surface area contributed by atoms with E-state index in [0.717, 1.165) is 36.1 Å². The number of rotatable bonds is 3. The third-order valence-electron chi connectivity index (χ3n) is 6.80. The SMILES string of the molecule is O=C(N[C@H]1CCN2C(=O)c3cc(-c4cccs4)ccc3NC(=O)[C@@H]2C1)C1CCCCC1. The molecule has 0 bridgehead atoms. The predicted molar refractivity (Wildman–Crippen MR) is 121 cm³/mol. The molecule has 162 valence electrons. The molecule has 0 spiro atoms. The fourth-order valence-electron chi connectivity index (χ4n) is 5.07. The highest BCUT2D eigenvalue weighted by Gasteiger charge is 2.40. The molecule has 2 atom stereocenters. The van der Waals surface area contributed by atoms with Crippen molar-refractivity contribution in [1.82, 2.24) is 10.2 Å². The van der Waals surface area contributed by atoms with Gasteiger partial charge < -0.3 is 15.5 Å². The summed E-state index contributed by atoms with van der Waals surface area (Å²) >= 11 is 1.62. The Morgan fingerprint density at radius 3 is 2.71 bits per heavy atom. The molecule has 2 fully saturated rings. The van der Waals surface area contributed by atoms with Gasteiger partial charge in [-0.2, -0.15) is 0 Å². The van der Waals surface area contributed by atoms with E-state index in [1.54, 1.807) is 16.2 Å². The van der Waals surface area contributed by atoms with Crippen molar-refractivity contribution in [2.24, 2.45) is 5.92 Å². The average molecular weight is 438 g/mol. The Morgan fingerprint density at radius 1 is 1.10 bits per heavy atom. The van der Waals surface area contributed by atoms with E-state index >= 15 is 0 Å². The monoisotopic (exact) mass is 437 g/mol. The minimum absolute atomic E-state index is 0.0721. The number of carbonyl (C=O) groups is 3. The van der Waals surface area contributed by atoms with Crippen LogP contribution in [0.2, 0.25) is 0 Å². The van der Waals surface area contributed by atoms with Crippen molar-refractivity contribution in [2.45, 2.75) is 57.0 Å². The van der Waals surface area contributed by atoms with Crippen LogP contribution in [-0.2, 0) is 9.59 Å². The van der Waals surface area contributed by atoms with Gasteiger partial charge in [0.2, 0.25) is 11.8 Å². The second kappa shape index (κ2) is 8.46. The summed E-state index contributed by atoms with van der Waals surface area (Å²) in [7, 11) is 0. The van der Waals surface area contributed by atoms with E-state index < -0.39 is 6.04 Å². The number of thiophene rings is 1. The van der Waals surface area contributed by atoms with E-state index in [1.165, 1.54) is 6.42 Å². The van der Waals surface area contributed by atoms with Crippen molar-refractivity contribution in [3.8, 4) is 10.4 Å². The largest absolute Gasteiger partial charge is 0.353 e. The molecule has 1 saturated heterocycles. The number of nitrogens with one attached hydrogen (secondary N) is 2. The highest BCUT2D eigenvalue weighted by molar-refractivity contribution is 7.13. The molecule has 1 saturated carbocycles. The number of hydrogen-bond donors (Lipinski definition) is 2. The van der Waals surface area contributed by atoms with Crippen LogP contribution in [0, 0.1) is 5.92 Å². The minimum atomic E-state index is -0.560. The van der Waals surface area contributed by atoms with Crippen LogP contribution in [-0.4, -0.2) is 41.2 Å². The molecule has 2 N–H and O–H groups in total. The number of piperidine rings is 1. The number of hydrogen-bond acceptors (Lipinski definition) is 4. The summed E-state index contributed by atoms with van der Waals surface area (Å²) in [5.41, 5.74) is 2.07. The first-order chi connectivity index (χ1) is 15.1. The molecular weight excluding hydrogens is 410 g/mol. The van der Waals surface area contributed by atoms with Crippen molar-refractivity contribution >= 4 is 34.7 Å². The van der Waals surface area contributed by atoms with Crippen molar-refractivity contribution in [1.29, 1.82) is 0 Å². The summed E-state index contributed by atoms with van der Waals surface area (Å²) in [5, 5.41) is 8.13. The molecule has 3 amide bonds. The highest BCUT2D eigenvalue weighted by Crippen LogP contribution is 2.33. The van der Waals surface area contributed by atoms with Crippen LogP contribution in [0.4, 0.5) is 5.69 Å². The molecule has 0 unspecified atom stereocenters. The Kier molecular flexibility index (Phi) is 5.52. The van der Waals surface area contributed by atoms with E-state index in [2.05, 4.69) is 10.6 Å². The highest BCUT2D eigenvalue weighted by atomic mass is 32.1. The molecule has 0 radical (unpaired) electrons. The van der Waals surface area contributed by atoms with E-state index in [-0.39, 0.29) is 29.7 Å². The maximum Gasteiger partial charge on any atom is 0.256 e. The van der Waals surface area contributed by atoms with Gasteiger partial charge in [0.25, 0.3) is 5.91 Å². The average Bonchev–Trinajstić information content (AvgIpc) is 3.31. The molecule has 1 aromatic heterocycles. The maximum absolute atomic E-state index is 13.4. The second-order valence-corrected chi connectivity index (χ2v) is 9.75. The third-order valence-corrected chi connectivity index (χ3v) is 7.72. The van der Waals surface area contributed by atoms with Crippen molar-refractivity contribution in [2.75, 3.05) is 11.9 Å². The van der Waals surface area contributed by atoms with Crippen LogP contribution < -0.4 is 10.6 Å². The van der Waals surface area contributed by atoms with Crippen LogP contribution in [0.3, 0.4) is 0 Å². The fraction of sp³-hybridized carbons (Fsp3) is 0.458. The summed E-state index contributed by atoms with van der Waals surface area (Å²) in [6, 6.07) is 9.01. The lowest BCUT2D eigenvalue weighted by molar-refractivity contribution is -0.128. The molecule has 1 aromatic carbocycles. The first-order valence-corrected chi connectivity index (χ1v) is 12.1. The molecule has 6 nitrogen and oxygen atoms in total. The lowest BCUT2D eigenvalue weighted by atomic mass is 9.88. The van der Waals surface area contributed by atoms with E-state index in [9.17, 15) is 14.4 Å². The summed E-state index contributed by atoms with van der Waals surface area (Å²) < 4.78 is 0. The normalized spacial score (nSPS) is 24.1. The maximum atomic E-state index is 13.4. The molecule has 7 heteroatoms. The number of carbonyl (C=O) groups excluding carboxylic acids is 3. The van der Waals surface area contributed by atoms with Crippen molar-refractivity contribution < 1.29 is 14.4 Å². The molecule has 5 rings (SSSR count). The summed E-state index contributed by atoms with van der Waals surface area (Å²) in [4.78, 5) is 41.8. The molecular formula is C24H27N3O3S. The zero-order valence-corrected chi connectivity index (χ0v) is 18.2. The van der Waals surface area contributed by atoms with Gasteiger partial charge in [0.15, 0.2) is 0 Å². The molecule has 3 aliphatic rings. The van der Waals surface area contributed by atoms with Gasteiger partial charge in [-0.1, -0.05) is 31.4 Å². The lowest BCUT2D eigenvalue weighted by Crippen LogP contribution is -2.55. The van der Waals surface area contributed by atoms with Crippen LogP contribution in [0.15, 0.2) is 35.7 Å². The number of benzene rings is 1. The van der Waals surface area contributed by atoms with Gasteiger partial charge in [0.1, 0.15) is 6.04 Å². The molecule has 3 heterocycles.